The molecule has 4 rings (SSSR count). The van der Waals surface area contributed by atoms with Gasteiger partial charge in [-0.25, -0.2) is 0 Å². The van der Waals surface area contributed by atoms with E-state index >= 15 is 0 Å². The summed E-state index contributed by atoms with van der Waals surface area (Å²) in [5.74, 6) is 4.77. The van der Waals surface area contributed by atoms with E-state index in [1.165, 1.54) is 64.7 Å². The fourth-order valence-electron chi connectivity index (χ4n) is 4.83. The molecule has 122 valence electrons. The van der Waals surface area contributed by atoms with Crippen LogP contribution in [0, 0.1) is 35.0 Å². The Kier molecular flexibility index (Phi) is 4.95. The summed E-state index contributed by atoms with van der Waals surface area (Å²) in [7, 11) is 0. The van der Waals surface area contributed by atoms with Crippen LogP contribution in [0.15, 0.2) is 0 Å². The second-order valence-electron chi connectivity index (χ2n) is 8.96. The first-order valence-electron chi connectivity index (χ1n) is 9.50. The Morgan fingerprint density at radius 3 is 2.33 bits per heavy atom. The van der Waals surface area contributed by atoms with Crippen LogP contribution in [0.2, 0.25) is 0 Å². The Balaban J connectivity index is 1.31. The zero-order valence-corrected chi connectivity index (χ0v) is 14.5. The fourth-order valence-corrected chi connectivity index (χ4v) is 4.83. The zero-order valence-electron chi connectivity index (χ0n) is 14.5. The van der Waals surface area contributed by atoms with Crippen LogP contribution in [0.5, 0.6) is 0 Å². The molecule has 1 unspecified atom stereocenters. The van der Waals surface area contributed by atoms with Gasteiger partial charge < -0.3 is 10.6 Å². The van der Waals surface area contributed by atoms with Gasteiger partial charge >= 0.3 is 0 Å². The lowest BCUT2D eigenvalue weighted by Crippen LogP contribution is -2.65. The molecule has 0 heterocycles. The summed E-state index contributed by atoms with van der Waals surface area (Å²) in [5.41, 5.74) is 0.710. The minimum absolute atomic E-state index is 0.710. The van der Waals surface area contributed by atoms with Crippen LogP contribution < -0.4 is 10.6 Å². The fraction of sp³-hybridized carbons (Fsp3) is 1.00. The Morgan fingerprint density at radius 2 is 1.81 bits per heavy atom. The highest BCUT2D eigenvalue weighted by atomic mass is 14.9. The molecular weight excluding hydrogens is 256 g/mol. The molecule has 2 heteroatoms. The average molecular weight is 293 g/mol. The normalized spacial score (nSPS) is 36.0. The highest BCUT2D eigenvalue weighted by molar-refractivity contribution is 5.14. The molecule has 2 nitrogen and oxygen atoms in total. The van der Waals surface area contributed by atoms with Gasteiger partial charge in [-0.05, 0) is 86.7 Å². The quantitative estimate of drug-likeness (QED) is 0.642. The van der Waals surface area contributed by atoms with Crippen molar-refractivity contribution in [2.75, 3.05) is 26.2 Å². The van der Waals surface area contributed by atoms with Crippen molar-refractivity contribution in [1.29, 1.82) is 0 Å². The maximum atomic E-state index is 3.73. The topological polar surface area (TPSA) is 24.1 Å². The third-order valence-corrected chi connectivity index (χ3v) is 6.53. The number of hydrogen-bond acceptors (Lipinski definition) is 2. The van der Waals surface area contributed by atoms with Gasteiger partial charge in [0.25, 0.3) is 0 Å². The molecule has 21 heavy (non-hydrogen) atoms. The van der Waals surface area contributed by atoms with E-state index in [-0.39, 0.29) is 0 Å². The van der Waals surface area contributed by atoms with Gasteiger partial charge in [-0.1, -0.05) is 27.2 Å². The second kappa shape index (κ2) is 6.58. The van der Waals surface area contributed by atoms with E-state index in [9.17, 15) is 0 Å². The predicted molar refractivity (Wildman–Crippen MR) is 90.3 cm³/mol. The Hall–Kier alpha value is -0.0800. The molecule has 2 bridgehead atoms. The van der Waals surface area contributed by atoms with Crippen LogP contribution in [0.1, 0.15) is 59.3 Å². The van der Waals surface area contributed by atoms with E-state index in [0.29, 0.717) is 5.41 Å². The van der Waals surface area contributed by atoms with Crippen LogP contribution in [0.4, 0.5) is 0 Å². The summed E-state index contributed by atoms with van der Waals surface area (Å²) in [4.78, 5) is 0. The van der Waals surface area contributed by atoms with Gasteiger partial charge in [-0.15, -0.1) is 0 Å². The minimum Gasteiger partial charge on any atom is -0.316 e. The van der Waals surface area contributed by atoms with E-state index in [0.717, 1.165) is 29.6 Å². The molecular formula is C19H36N2. The first kappa shape index (κ1) is 15.8. The first-order valence-corrected chi connectivity index (χ1v) is 9.50. The second-order valence-corrected chi connectivity index (χ2v) is 8.96. The van der Waals surface area contributed by atoms with Crippen molar-refractivity contribution in [3.63, 3.8) is 0 Å². The van der Waals surface area contributed by atoms with Gasteiger partial charge in [0.05, 0.1) is 0 Å². The lowest BCUT2D eigenvalue weighted by Gasteiger charge is -2.69. The molecule has 2 atom stereocenters. The summed E-state index contributed by atoms with van der Waals surface area (Å²) in [5, 5.41) is 7.45. The maximum Gasteiger partial charge on any atom is 0.00109 e. The van der Waals surface area contributed by atoms with Crippen molar-refractivity contribution in [2.45, 2.75) is 59.3 Å². The summed E-state index contributed by atoms with van der Waals surface area (Å²) in [6.07, 6.45) is 8.91. The summed E-state index contributed by atoms with van der Waals surface area (Å²) < 4.78 is 0. The van der Waals surface area contributed by atoms with Gasteiger partial charge in [0.2, 0.25) is 0 Å². The molecule has 0 saturated heterocycles. The molecule has 0 amide bonds. The highest BCUT2D eigenvalue weighted by Crippen LogP contribution is 2.70. The van der Waals surface area contributed by atoms with E-state index in [1.54, 1.807) is 0 Å². The first-order chi connectivity index (χ1) is 10.1. The van der Waals surface area contributed by atoms with Crippen molar-refractivity contribution >= 4 is 0 Å². The number of nitrogens with one attached hydrogen (secondary N) is 2. The molecule has 0 aromatic heterocycles. The van der Waals surface area contributed by atoms with E-state index in [1.807, 2.05) is 0 Å². The van der Waals surface area contributed by atoms with Gasteiger partial charge in [0.1, 0.15) is 0 Å². The third-order valence-electron chi connectivity index (χ3n) is 6.53. The van der Waals surface area contributed by atoms with Gasteiger partial charge in [0, 0.05) is 6.54 Å². The lowest BCUT2D eigenvalue weighted by molar-refractivity contribution is -0.194. The van der Waals surface area contributed by atoms with Crippen molar-refractivity contribution in [3.05, 3.63) is 0 Å². The average Bonchev–Trinajstić information content (AvgIpc) is 2.33. The van der Waals surface area contributed by atoms with E-state index < -0.39 is 0 Å². The van der Waals surface area contributed by atoms with Crippen molar-refractivity contribution in [1.82, 2.24) is 10.6 Å². The molecule has 0 aliphatic heterocycles. The molecule has 0 aromatic rings. The third kappa shape index (κ3) is 3.47. The summed E-state index contributed by atoms with van der Waals surface area (Å²) in [6, 6.07) is 0. The monoisotopic (exact) mass is 292 g/mol. The standard InChI is InChI=1S/C19H36N2/c1-14(2)10-21-13-19-8-17(9-19)18(19)7-15(3)11-20-12-16-5-4-6-16/h14-18,20-21H,4-13H2,1-3H3/t15?,17?,18-,19?/m0/s1. The molecule has 4 aliphatic carbocycles. The van der Waals surface area contributed by atoms with Crippen LogP contribution in [-0.2, 0) is 0 Å². The smallest absolute Gasteiger partial charge is 0.00109 e. The molecule has 0 radical (unpaired) electrons. The zero-order chi connectivity index (χ0) is 14.9. The lowest BCUT2D eigenvalue weighted by atomic mass is 9.36. The highest BCUT2D eigenvalue weighted by Gasteiger charge is 2.64. The molecule has 4 aliphatic rings. The summed E-state index contributed by atoms with van der Waals surface area (Å²) in [6.45, 7) is 12.1. The maximum absolute atomic E-state index is 3.73. The summed E-state index contributed by atoms with van der Waals surface area (Å²) >= 11 is 0. The van der Waals surface area contributed by atoms with Crippen LogP contribution in [0.3, 0.4) is 0 Å². The van der Waals surface area contributed by atoms with Crippen LogP contribution in [-0.4, -0.2) is 26.2 Å². The molecule has 4 saturated carbocycles. The van der Waals surface area contributed by atoms with E-state index in [2.05, 4.69) is 31.4 Å². The molecule has 4 fully saturated rings. The van der Waals surface area contributed by atoms with Gasteiger partial charge in [0.15, 0.2) is 0 Å². The number of hydrogen-bond donors (Lipinski definition) is 2. The van der Waals surface area contributed by atoms with Crippen LogP contribution >= 0.6 is 0 Å². The van der Waals surface area contributed by atoms with Crippen molar-refractivity contribution < 1.29 is 0 Å². The molecule has 2 N–H and O–H groups in total. The van der Waals surface area contributed by atoms with Crippen molar-refractivity contribution in [3.8, 4) is 0 Å². The Morgan fingerprint density at radius 1 is 1.05 bits per heavy atom. The van der Waals surface area contributed by atoms with Gasteiger partial charge in [-0.2, -0.15) is 0 Å². The predicted octanol–water partition coefficient (Wildman–Crippen LogP) is 3.67. The Labute approximate surface area is 131 Å². The van der Waals surface area contributed by atoms with E-state index in [4.69, 9.17) is 0 Å². The van der Waals surface area contributed by atoms with Crippen LogP contribution in [0.25, 0.3) is 0 Å². The molecule has 0 spiro atoms. The van der Waals surface area contributed by atoms with Gasteiger partial charge in [-0.3, -0.25) is 0 Å². The SMILES string of the molecule is CC(C)CNCC12CC(C1)[C@@H]2CC(C)CNCC1CCC1. The Bertz CT molecular complexity index is 328. The minimum atomic E-state index is 0.710. The largest absolute Gasteiger partial charge is 0.316 e. The molecule has 0 aromatic carbocycles. The number of rotatable bonds is 10. The van der Waals surface area contributed by atoms with Crippen molar-refractivity contribution in [2.24, 2.45) is 35.0 Å².